The van der Waals surface area contributed by atoms with E-state index < -0.39 is 11.8 Å². The maximum atomic E-state index is 12.0. The maximum Gasteiger partial charge on any atom is 0.313 e. The van der Waals surface area contributed by atoms with Crippen LogP contribution in [0.25, 0.3) is 0 Å². The first-order chi connectivity index (χ1) is 13.4. The largest absolute Gasteiger partial charge is 0.490 e. The molecule has 150 valence electrons. The third-order valence-corrected chi connectivity index (χ3v) is 3.97. The molecular formula is C21H27N3O4. The van der Waals surface area contributed by atoms with Crippen molar-refractivity contribution in [3.63, 3.8) is 0 Å². The highest BCUT2D eigenvalue weighted by Gasteiger charge is 2.14. The molecule has 0 fully saturated rings. The zero-order chi connectivity index (χ0) is 20.5. The molecule has 28 heavy (non-hydrogen) atoms. The highest BCUT2D eigenvalue weighted by Crippen LogP contribution is 2.28. The number of nitrogen functional groups attached to an aromatic ring is 1. The summed E-state index contributed by atoms with van der Waals surface area (Å²) in [5.41, 5.74) is 8.62. The Morgan fingerprint density at radius 2 is 1.68 bits per heavy atom. The maximum absolute atomic E-state index is 12.0. The van der Waals surface area contributed by atoms with E-state index in [1.54, 1.807) is 12.1 Å². The molecule has 0 spiro atoms. The second-order valence-electron chi connectivity index (χ2n) is 6.20. The lowest BCUT2D eigenvalue weighted by atomic mass is 10.1. The number of nitrogens with two attached hydrogens (primary N) is 1. The number of rotatable bonds is 8. The lowest BCUT2D eigenvalue weighted by Gasteiger charge is -2.13. The predicted molar refractivity (Wildman–Crippen MR) is 110 cm³/mol. The Morgan fingerprint density at radius 1 is 0.964 bits per heavy atom. The van der Waals surface area contributed by atoms with E-state index in [2.05, 4.69) is 10.6 Å². The number of carbonyl (C=O) groups excluding carboxylic acids is 2. The van der Waals surface area contributed by atoms with Crippen molar-refractivity contribution in [1.29, 1.82) is 0 Å². The van der Waals surface area contributed by atoms with Gasteiger partial charge in [0, 0.05) is 6.54 Å². The van der Waals surface area contributed by atoms with Gasteiger partial charge in [0.25, 0.3) is 0 Å². The van der Waals surface area contributed by atoms with Gasteiger partial charge in [0.2, 0.25) is 0 Å². The van der Waals surface area contributed by atoms with Crippen LogP contribution in [0.4, 0.5) is 11.4 Å². The molecule has 2 aromatic carbocycles. The van der Waals surface area contributed by atoms with Crippen LogP contribution in [0.3, 0.4) is 0 Å². The monoisotopic (exact) mass is 385 g/mol. The Morgan fingerprint density at radius 3 is 2.36 bits per heavy atom. The van der Waals surface area contributed by atoms with Crippen molar-refractivity contribution < 1.29 is 19.1 Å². The molecule has 0 unspecified atom stereocenters. The summed E-state index contributed by atoms with van der Waals surface area (Å²) in [7, 11) is 0. The van der Waals surface area contributed by atoms with Gasteiger partial charge in [-0.25, -0.2) is 0 Å². The van der Waals surface area contributed by atoms with Crippen molar-refractivity contribution in [3.05, 3.63) is 47.5 Å². The summed E-state index contributed by atoms with van der Waals surface area (Å²) in [5, 5.41) is 5.13. The topological polar surface area (TPSA) is 103 Å². The Labute approximate surface area is 165 Å². The van der Waals surface area contributed by atoms with Crippen molar-refractivity contribution >= 4 is 23.2 Å². The SMILES string of the molecule is CCOc1ccc(CCNC(=O)C(=O)Nc2ccc(C)cc2N)cc1OCC. The average Bonchev–Trinajstić information content (AvgIpc) is 2.66. The number of carbonyl (C=O) groups is 2. The second kappa shape index (κ2) is 10.2. The van der Waals surface area contributed by atoms with E-state index >= 15 is 0 Å². The summed E-state index contributed by atoms with van der Waals surface area (Å²) in [6.07, 6.45) is 0.554. The molecule has 0 aliphatic rings. The molecule has 2 rings (SSSR count). The zero-order valence-electron chi connectivity index (χ0n) is 16.5. The van der Waals surface area contributed by atoms with Crippen LogP contribution < -0.4 is 25.8 Å². The fourth-order valence-corrected chi connectivity index (χ4v) is 2.63. The smallest absolute Gasteiger partial charge is 0.313 e. The highest BCUT2D eigenvalue weighted by atomic mass is 16.5. The van der Waals surface area contributed by atoms with Gasteiger partial charge in [-0.05, 0) is 62.6 Å². The van der Waals surface area contributed by atoms with Crippen LogP contribution in [0.2, 0.25) is 0 Å². The summed E-state index contributed by atoms with van der Waals surface area (Å²) in [4.78, 5) is 24.0. The lowest BCUT2D eigenvalue weighted by molar-refractivity contribution is -0.136. The number of benzene rings is 2. The van der Waals surface area contributed by atoms with Crippen molar-refractivity contribution in [3.8, 4) is 11.5 Å². The Kier molecular flexibility index (Phi) is 7.68. The van der Waals surface area contributed by atoms with Crippen molar-refractivity contribution in [2.24, 2.45) is 0 Å². The molecule has 0 aliphatic heterocycles. The van der Waals surface area contributed by atoms with E-state index in [-0.39, 0.29) is 0 Å². The average molecular weight is 385 g/mol. The van der Waals surface area contributed by atoms with Crippen LogP contribution in [0, 0.1) is 6.92 Å². The Bertz CT molecular complexity index is 836. The summed E-state index contributed by atoms with van der Waals surface area (Å²) in [5.74, 6) is -0.110. The summed E-state index contributed by atoms with van der Waals surface area (Å²) in [6.45, 7) is 7.11. The van der Waals surface area contributed by atoms with E-state index in [4.69, 9.17) is 15.2 Å². The van der Waals surface area contributed by atoms with Crippen molar-refractivity contribution in [2.45, 2.75) is 27.2 Å². The standard InChI is InChI=1S/C21H27N3O4/c1-4-27-18-9-7-15(13-19(18)28-5-2)10-11-23-20(25)21(26)24-17-8-6-14(3)12-16(17)22/h6-9,12-13H,4-5,10-11,22H2,1-3H3,(H,23,25)(H,24,26). The summed E-state index contributed by atoms with van der Waals surface area (Å²) < 4.78 is 11.1. The minimum absolute atomic E-state index is 0.315. The number of aryl methyl sites for hydroxylation is 1. The van der Waals surface area contributed by atoms with Gasteiger partial charge in [-0.3, -0.25) is 9.59 Å². The van der Waals surface area contributed by atoms with Crippen LogP contribution in [0.15, 0.2) is 36.4 Å². The van der Waals surface area contributed by atoms with Gasteiger partial charge < -0.3 is 25.8 Å². The van der Waals surface area contributed by atoms with E-state index in [0.29, 0.717) is 49.1 Å². The second-order valence-corrected chi connectivity index (χ2v) is 6.20. The van der Waals surface area contributed by atoms with Gasteiger partial charge in [0.1, 0.15) is 0 Å². The molecule has 4 N–H and O–H groups in total. The summed E-state index contributed by atoms with van der Waals surface area (Å²) in [6, 6.07) is 10.9. The number of hydrogen-bond donors (Lipinski definition) is 3. The molecule has 0 bridgehead atoms. The third-order valence-electron chi connectivity index (χ3n) is 3.97. The van der Waals surface area contributed by atoms with Gasteiger partial charge >= 0.3 is 11.8 Å². The molecule has 7 nitrogen and oxygen atoms in total. The third kappa shape index (κ3) is 5.90. The molecule has 0 heterocycles. The summed E-state index contributed by atoms with van der Waals surface area (Å²) >= 11 is 0. The molecule has 2 aromatic rings. The van der Waals surface area contributed by atoms with E-state index in [1.165, 1.54) is 0 Å². The molecule has 0 aliphatic carbocycles. The fourth-order valence-electron chi connectivity index (χ4n) is 2.63. The van der Waals surface area contributed by atoms with Crippen LogP contribution in [0.5, 0.6) is 11.5 Å². The number of ether oxygens (including phenoxy) is 2. The van der Waals surface area contributed by atoms with E-state index in [0.717, 1.165) is 11.1 Å². The molecule has 7 heteroatoms. The van der Waals surface area contributed by atoms with E-state index in [1.807, 2.05) is 45.0 Å². The normalized spacial score (nSPS) is 10.2. The number of hydrogen-bond acceptors (Lipinski definition) is 5. The fraction of sp³-hybridized carbons (Fsp3) is 0.333. The predicted octanol–water partition coefficient (Wildman–Crippen LogP) is 2.67. The van der Waals surface area contributed by atoms with Crippen LogP contribution >= 0.6 is 0 Å². The van der Waals surface area contributed by atoms with Crippen molar-refractivity contribution in [1.82, 2.24) is 5.32 Å². The lowest BCUT2D eigenvalue weighted by Crippen LogP contribution is -2.36. The quantitative estimate of drug-likeness (QED) is 0.479. The first kappa shape index (κ1) is 21.1. The van der Waals surface area contributed by atoms with Gasteiger partial charge in [-0.2, -0.15) is 0 Å². The van der Waals surface area contributed by atoms with Crippen LogP contribution in [0.1, 0.15) is 25.0 Å². The zero-order valence-corrected chi connectivity index (χ0v) is 16.5. The molecule has 0 saturated heterocycles. The van der Waals surface area contributed by atoms with E-state index in [9.17, 15) is 9.59 Å². The molecular weight excluding hydrogens is 358 g/mol. The molecule has 2 amide bonds. The number of nitrogens with one attached hydrogen (secondary N) is 2. The molecule has 0 radical (unpaired) electrons. The Balaban J connectivity index is 1.88. The molecule has 0 saturated carbocycles. The minimum Gasteiger partial charge on any atom is -0.490 e. The number of anilines is 2. The van der Waals surface area contributed by atoms with Gasteiger partial charge in [-0.15, -0.1) is 0 Å². The highest BCUT2D eigenvalue weighted by molar-refractivity contribution is 6.39. The van der Waals surface area contributed by atoms with Gasteiger partial charge in [0.05, 0.1) is 24.6 Å². The van der Waals surface area contributed by atoms with Gasteiger partial charge in [-0.1, -0.05) is 12.1 Å². The molecule has 0 aromatic heterocycles. The first-order valence-electron chi connectivity index (χ1n) is 9.28. The van der Waals surface area contributed by atoms with Crippen LogP contribution in [-0.2, 0) is 16.0 Å². The number of amides is 2. The molecule has 0 atom stereocenters. The van der Waals surface area contributed by atoms with Gasteiger partial charge in [0.15, 0.2) is 11.5 Å². The van der Waals surface area contributed by atoms with Crippen LogP contribution in [-0.4, -0.2) is 31.6 Å². The minimum atomic E-state index is -0.753. The first-order valence-corrected chi connectivity index (χ1v) is 9.28. The van der Waals surface area contributed by atoms with Crippen molar-refractivity contribution in [2.75, 3.05) is 30.8 Å². The Hall–Kier alpha value is -3.22.